The number of hydrogen-bond acceptors (Lipinski definition) is 3. The van der Waals surface area contributed by atoms with E-state index in [4.69, 9.17) is 0 Å². The van der Waals surface area contributed by atoms with Crippen molar-refractivity contribution in [3.63, 3.8) is 0 Å². The smallest absolute Gasteiger partial charge is 0.207 e. The third kappa shape index (κ3) is 1.39. The first-order valence-electron chi connectivity index (χ1n) is 7.26. The number of ketones is 1. The molecule has 0 aromatic heterocycles. The van der Waals surface area contributed by atoms with Gasteiger partial charge in [0, 0.05) is 22.3 Å². The van der Waals surface area contributed by atoms with Gasteiger partial charge in [0.1, 0.15) is 0 Å². The highest BCUT2D eigenvalue weighted by Gasteiger charge is 2.39. The average molecular weight is 318 g/mol. The highest BCUT2D eigenvalue weighted by molar-refractivity contribution is 7.92. The molecule has 0 unspecified atom stereocenters. The zero-order valence-corrected chi connectivity index (χ0v) is 12.7. The fourth-order valence-electron chi connectivity index (χ4n) is 3.61. The van der Waals surface area contributed by atoms with Gasteiger partial charge in [-0.3, -0.25) is 4.79 Å². The summed E-state index contributed by atoms with van der Waals surface area (Å²) in [5.74, 6) is -0.0978. The lowest BCUT2D eigenvalue weighted by Crippen LogP contribution is -2.00. The van der Waals surface area contributed by atoms with E-state index in [1.54, 1.807) is 42.5 Å². The topological polar surface area (TPSA) is 51.2 Å². The summed E-state index contributed by atoms with van der Waals surface area (Å²) in [5.41, 5.74) is 4.02. The summed E-state index contributed by atoms with van der Waals surface area (Å²) in [7, 11) is -3.55. The molecular formula is C19H10O3S. The molecule has 0 saturated heterocycles. The SMILES string of the molecule is O=C1c2ccccc2-c2ccc3c(c21)-c1ccccc1S3(=O)=O. The van der Waals surface area contributed by atoms with Crippen LogP contribution in [0.2, 0.25) is 0 Å². The molecule has 1 aliphatic carbocycles. The summed E-state index contributed by atoms with van der Waals surface area (Å²) >= 11 is 0. The van der Waals surface area contributed by atoms with Gasteiger partial charge in [0.05, 0.1) is 9.79 Å². The minimum atomic E-state index is -3.55. The lowest BCUT2D eigenvalue weighted by Gasteiger charge is -2.06. The van der Waals surface area contributed by atoms with Crippen molar-refractivity contribution >= 4 is 15.6 Å². The molecule has 0 fully saturated rings. The Balaban J connectivity index is 1.97. The van der Waals surface area contributed by atoms with Gasteiger partial charge >= 0.3 is 0 Å². The quantitative estimate of drug-likeness (QED) is 0.437. The third-order valence-electron chi connectivity index (χ3n) is 4.59. The summed E-state index contributed by atoms with van der Waals surface area (Å²) in [6.45, 7) is 0. The third-order valence-corrected chi connectivity index (χ3v) is 6.45. The molecule has 0 bridgehead atoms. The van der Waals surface area contributed by atoms with Gasteiger partial charge < -0.3 is 0 Å². The second-order valence-corrected chi connectivity index (χ2v) is 7.62. The van der Waals surface area contributed by atoms with Crippen LogP contribution in [0.25, 0.3) is 22.3 Å². The highest BCUT2D eigenvalue weighted by atomic mass is 32.2. The van der Waals surface area contributed by atoms with E-state index in [9.17, 15) is 13.2 Å². The Hall–Kier alpha value is -2.72. The van der Waals surface area contributed by atoms with Crippen molar-refractivity contribution in [2.45, 2.75) is 9.79 Å². The highest BCUT2D eigenvalue weighted by Crippen LogP contribution is 2.50. The fraction of sp³-hybridized carbons (Fsp3) is 0. The van der Waals surface area contributed by atoms with Crippen LogP contribution in [0.3, 0.4) is 0 Å². The van der Waals surface area contributed by atoms with Crippen molar-refractivity contribution in [2.24, 2.45) is 0 Å². The predicted octanol–water partition coefficient (Wildman–Crippen LogP) is 3.71. The zero-order valence-electron chi connectivity index (χ0n) is 11.9. The molecule has 0 spiro atoms. The second kappa shape index (κ2) is 3.97. The van der Waals surface area contributed by atoms with Crippen LogP contribution in [-0.2, 0) is 9.84 Å². The van der Waals surface area contributed by atoms with Gasteiger partial charge in [0.15, 0.2) is 5.78 Å². The Morgan fingerprint density at radius 2 is 1.22 bits per heavy atom. The molecule has 2 aliphatic rings. The molecule has 4 heteroatoms. The summed E-state index contributed by atoms with van der Waals surface area (Å²) in [6, 6.07) is 17.7. The molecule has 3 nitrogen and oxygen atoms in total. The van der Waals surface area contributed by atoms with Gasteiger partial charge in [-0.15, -0.1) is 0 Å². The van der Waals surface area contributed by atoms with E-state index in [0.717, 1.165) is 11.1 Å². The number of benzene rings is 3. The zero-order chi connectivity index (χ0) is 15.8. The normalized spacial score (nSPS) is 15.7. The number of rotatable bonds is 0. The van der Waals surface area contributed by atoms with Gasteiger partial charge in [0.25, 0.3) is 0 Å². The molecule has 3 aromatic rings. The van der Waals surface area contributed by atoms with E-state index in [0.29, 0.717) is 22.3 Å². The molecular weight excluding hydrogens is 308 g/mol. The molecule has 1 heterocycles. The van der Waals surface area contributed by atoms with Crippen LogP contribution in [0, 0.1) is 0 Å². The Bertz CT molecular complexity index is 1140. The number of fused-ring (bicyclic) bond motifs is 7. The Kier molecular flexibility index (Phi) is 2.21. The van der Waals surface area contributed by atoms with E-state index in [-0.39, 0.29) is 15.6 Å². The maximum absolute atomic E-state index is 12.9. The van der Waals surface area contributed by atoms with Crippen LogP contribution in [0.5, 0.6) is 0 Å². The van der Waals surface area contributed by atoms with Crippen molar-refractivity contribution in [2.75, 3.05) is 0 Å². The maximum Gasteiger partial charge on any atom is 0.207 e. The van der Waals surface area contributed by atoms with Crippen molar-refractivity contribution < 1.29 is 13.2 Å². The Labute approximate surface area is 133 Å². The summed E-state index contributed by atoms with van der Waals surface area (Å²) in [4.78, 5) is 13.4. The average Bonchev–Trinajstić information content (AvgIpc) is 2.99. The predicted molar refractivity (Wildman–Crippen MR) is 86.2 cm³/mol. The molecule has 0 radical (unpaired) electrons. The van der Waals surface area contributed by atoms with Crippen LogP contribution in [0.1, 0.15) is 15.9 Å². The minimum absolute atomic E-state index is 0.0978. The number of carbonyl (C=O) groups is 1. The number of carbonyl (C=O) groups excluding carboxylic acids is 1. The lowest BCUT2D eigenvalue weighted by atomic mass is 9.95. The lowest BCUT2D eigenvalue weighted by molar-refractivity contribution is 0.104. The standard InChI is InChI=1S/C19H10O3S/c20-19-13-6-2-1-5-11(13)12-9-10-16-17(18(12)19)14-7-3-4-8-15(14)23(16,21)22/h1-10H. The fourth-order valence-corrected chi connectivity index (χ4v) is 5.29. The van der Waals surface area contributed by atoms with E-state index in [1.807, 2.05) is 18.2 Å². The van der Waals surface area contributed by atoms with Crippen LogP contribution < -0.4 is 0 Å². The monoisotopic (exact) mass is 318 g/mol. The van der Waals surface area contributed by atoms with Gasteiger partial charge in [0.2, 0.25) is 9.84 Å². The van der Waals surface area contributed by atoms with E-state index in [2.05, 4.69) is 0 Å². The first-order chi connectivity index (χ1) is 11.1. The molecule has 5 rings (SSSR count). The number of hydrogen-bond donors (Lipinski definition) is 0. The number of sulfone groups is 1. The van der Waals surface area contributed by atoms with Crippen LogP contribution in [0.4, 0.5) is 0 Å². The summed E-state index contributed by atoms with van der Waals surface area (Å²) in [6.07, 6.45) is 0. The van der Waals surface area contributed by atoms with Crippen molar-refractivity contribution in [1.29, 1.82) is 0 Å². The molecule has 0 saturated carbocycles. The first kappa shape index (κ1) is 12.8. The largest absolute Gasteiger partial charge is 0.289 e. The molecule has 23 heavy (non-hydrogen) atoms. The Morgan fingerprint density at radius 1 is 0.565 bits per heavy atom. The molecule has 3 aromatic carbocycles. The second-order valence-electron chi connectivity index (χ2n) is 5.74. The molecule has 1 aliphatic heterocycles. The van der Waals surface area contributed by atoms with Gasteiger partial charge in [-0.2, -0.15) is 0 Å². The molecule has 110 valence electrons. The van der Waals surface area contributed by atoms with E-state index in [1.165, 1.54) is 0 Å². The van der Waals surface area contributed by atoms with E-state index < -0.39 is 9.84 Å². The van der Waals surface area contributed by atoms with Gasteiger partial charge in [-0.25, -0.2) is 8.42 Å². The molecule has 0 atom stereocenters. The first-order valence-corrected chi connectivity index (χ1v) is 8.74. The van der Waals surface area contributed by atoms with Crippen molar-refractivity contribution in [1.82, 2.24) is 0 Å². The minimum Gasteiger partial charge on any atom is -0.289 e. The summed E-state index contributed by atoms with van der Waals surface area (Å²) < 4.78 is 25.5. The summed E-state index contributed by atoms with van der Waals surface area (Å²) in [5, 5.41) is 0. The van der Waals surface area contributed by atoms with E-state index >= 15 is 0 Å². The van der Waals surface area contributed by atoms with Crippen molar-refractivity contribution in [3.8, 4) is 22.3 Å². The molecule has 0 N–H and O–H groups in total. The van der Waals surface area contributed by atoms with Crippen LogP contribution >= 0.6 is 0 Å². The molecule has 0 amide bonds. The van der Waals surface area contributed by atoms with Gasteiger partial charge in [-0.05, 0) is 23.3 Å². The van der Waals surface area contributed by atoms with Crippen LogP contribution in [0.15, 0.2) is 70.5 Å². The van der Waals surface area contributed by atoms with Crippen LogP contribution in [-0.4, -0.2) is 14.2 Å². The van der Waals surface area contributed by atoms with Gasteiger partial charge in [-0.1, -0.05) is 48.5 Å². The van der Waals surface area contributed by atoms with Crippen molar-refractivity contribution in [3.05, 3.63) is 71.8 Å². The maximum atomic E-state index is 12.9. The Morgan fingerprint density at radius 3 is 2.00 bits per heavy atom.